The number of aromatic amines is 1. The van der Waals surface area contributed by atoms with Crippen molar-refractivity contribution in [2.24, 2.45) is 0 Å². The second kappa shape index (κ2) is 5.29. The molecule has 0 saturated carbocycles. The highest BCUT2D eigenvalue weighted by Gasteiger charge is 2.14. The summed E-state index contributed by atoms with van der Waals surface area (Å²) in [7, 11) is -2.49. The topological polar surface area (TPSA) is 59.2 Å². The summed E-state index contributed by atoms with van der Waals surface area (Å²) < 4.78 is 16.9. The minimum Gasteiger partial charge on any atom is -0.329 e. The van der Waals surface area contributed by atoms with Gasteiger partial charge in [0.15, 0.2) is 0 Å². The Bertz CT molecular complexity index is 413. The first-order valence-corrected chi connectivity index (χ1v) is 7.18. The van der Waals surface area contributed by atoms with Gasteiger partial charge in [0, 0.05) is 25.1 Å². The maximum Gasteiger partial charge on any atom is 0.248 e. The SMILES string of the molecule is CCOP(C)(=O)CCc1cc[nH]c(=O)c1. The predicted octanol–water partition coefficient (Wildman–Crippen LogP) is 1.86. The molecule has 15 heavy (non-hydrogen) atoms. The van der Waals surface area contributed by atoms with Crippen LogP contribution in [0.4, 0.5) is 0 Å². The van der Waals surface area contributed by atoms with Crippen LogP contribution in [0.3, 0.4) is 0 Å². The molecule has 1 N–H and O–H groups in total. The van der Waals surface area contributed by atoms with E-state index in [-0.39, 0.29) is 5.56 Å². The molecule has 4 nitrogen and oxygen atoms in total. The van der Waals surface area contributed by atoms with Crippen molar-refractivity contribution in [3.63, 3.8) is 0 Å². The number of pyridine rings is 1. The van der Waals surface area contributed by atoms with Crippen molar-refractivity contribution in [2.75, 3.05) is 19.4 Å². The molecule has 84 valence electrons. The molecule has 0 amide bonds. The summed E-state index contributed by atoms with van der Waals surface area (Å²) in [6.07, 6.45) is 2.68. The number of H-pyrrole nitrogens is 1. The number of hydrogen-bond acceptors (Lipinski definition) is 3. The van der Waals surface area contributed by atoms with Gasteiger partial charge in [0.25, 0.3) is 0 Å². The maximum atomic E-state index is 11.8. The first kappa shape index (κ1) is 12.2. The highest BCUT2D eigenvalue weighted by molar-refractivity contribution is 7.58. The van der Waals surface area contributed by atoms with Crippen molar-refractivity contribution in [3.05, 3.63) is 34.2 Å². The molecule has 0 aromatic carbocycles. The molecule has 0 aliphatic rings. The Morgan fingerprint density at radius 3 is 2.87 bits per heavy atom. The number of hydrogen-bond donors (Lipinski definition) is 1. The quantitative estimate of drug-likeness (QED) is 0.784. The fraction of sp³-hybridized carbons (Fsp3) is 0.500. The Labute approximate surface area is 89.1 Å². The molecular weight excluding hydrogens is 213 g/mol. The van der Waals surface area contributed by atoms with Crippen LogP contribution in [-0.4, -0.2) is 24.4 Å². The standard InChI is InChI=1S/C10H16NO3P/c1-3-14-15(2,13)7-5-9-4-6-11-10(12)8-9/h4,6,8H,3,5,7H2,1-2H3,(H,11,12). The van der Waals surface area contributed by atoms with E-state index in [2.05, 4.69) is 4.98 Å². The Balaban J connectivity index is 2.57. The van der Waals surface area contributed by atoms with Crippen molar-refractivity contribution in [1.82, 2.24) is 4.98 Å². The van der Waals surface area contributed by atoms with Gasteiger partial charge in [0.2, 0.25) is 12.9 Å². The molecule has 0 spiro atoms. The molecule has 0 fully saturated rings. The van der Waals surface area contributed by atoms with Gasteiger partial charge in [-0.15, -0.1) is 0 Å². The lowest BCUT2D eigenvalue weighted by molar-refractivity contribution is 0.337. The van der Waals surface area contributed by atoms with Crippen molar-refractivity contribution in [3.8, 4) is 0 Å². The molecule has 1 unspecified atom stereocenters. The highest BCUT2D eigenvalue weighted by atomic mass is 31.2. The normalized spacial score (nSPS) is 14.8. The molecule has 5 heteroatoms. The molecule has 0 saturated heterocycles. The van der Waals surface area contributed by atoms with Gasteiger partial charge in [-0.05, 0) is 25.0 Å². The monoisotopic (exact) mass is 229 g/mol. The van der Waals surface area contributed by atoms with Gasteiger partial charge >= 0.3 is 0 Å². The van der Waals surface area contributed by atoms with Crippen LogP contribution < -0.4 is 5.56 Å². The lowest BCUT2D eigenvalue weighted by Gasteiger charge is -2.11. The Kier molecular flexibility index (Phi) is 4.30. The summed E-state index contributed by atoms with van der Waals surface area (Å²) in [5, 5.41) is 0. The number of aryl methyl sites for hydroxylation is 1. The van der Waals surface area contributed by atoms with Crippen molar-refractivity contribution >= 4 is 7.37 Å². The Morgan fingerprint density at radius 1 is 1.53 bits per heavy atom. The van der Waals surface area contributed by atoms with Crippen LogP contribution in [0.25, 0.3) is 0 Å². The van der Waals surface area contributed by atoms with Gasteiger partial charge in [-0.2, -0.15) is 0 Å². The van der Waals surface area contributed by atoms with Gasteiger partial charge in [-0.25, -0.2) is 0 Å². The van der Waals surface area contributed by atoms with Crippen LogP contribution in [0.1, 0.15) is 12.5 Å². The molecule has 1 heterocycles. The minimum atomic E-state index is -2.49. The van der Waals surface area contributed by atoms with E-state index in [9.17, 15) is 9.36 Å². The van der Waals surface area contributed by atoms with E-state index >= 15 is 0 Å². The fourth-order valence-electron chi connectivity index (χ4n) is 1.31. The zero-order chi connectivity index (χ0) is 11.3. The molecule has 1 aromatic rings. The van der Waals surface area contributed by atoms with E-state index in [1.165, 1.54) is 6.07 Å². The van der Waals surface area contributed by atoms with Crippen LogP contribution in [-0.2, 0) is 15.5 Å². The molecule has 0 aliphatic heterocycles. The largest absolute Gasteiger partial charge is 0.329 e. The molecular formula is C10H16NO3P. The van der Waals surface area contributed by atoms with Crippen LogP contribution in [0.15, 0.2) is 23.1 Å². The van der Waals surface area contributed by atoms with E-state index in [0.717, 1.165) is 5.56 Å². The summed E-state index contributed by atoms with van der Waals surface area (Å²) in [5.74, 6) is 0. The van der Waals surface area contributed by atoms with Crippen LogP contribution in [0, 0.1) is 0 Å². The zero-order valence-electron chi connectivity index (χ0n) is 9.03. The Morgan fingerprint density at radius 2 is 2.27 bits per heavy atom. The van der Waals surface area contributed by atoms with Crippen LogP contribution >= 0.6 is 7.37 Å². The third-order valence-corrected chi connectivity index (χ3v) is 3.89. The van der Waals surface area contributed by atoms with E-state index in [1.54, 1.807) is 12.9 Å². The molecule has 0 bridgehead atoms. The van der Waals surface area contributed by atoms with Crippen LogP contribution in [0.2, 0.25) is 0 Å². The number of nitrogens with one attached hydrogen (secondary N) is 1. The van der Waals surface area contributed by atoms with Gasteiger partial charge in [0.05, 0.1) is 6.61 Å². The minimum absolute atomic E-state index is 0.130. The van der Waals surface area contributed by atoms with Crippen molar-refractivity contribution < 1.29 is 9.09 Å². The molecule has 0 aliphatic carbocycles. The molecule has 1 aromatic heterocycles. The average molecular weight is 229 g/mol. The second-order valence-electron chi connectivity index (χ2n) is 3.47. The highest BCUT2D eigenvalue weighted by Crippen LogP contribution is 2.42. The van der Waals surface area contributed by atoms with Gasteiger partial charge in [-0.1, -0.05) is 0 Å². The lowest BCUT2D eigenvalue weighted by atomic mass is 10.2. The Hall–Kier alpha value is -0.860. The smallest absolute Gasteiger partial charge is 0.248 e. The predicted molar refractivity (Wildman–Crippen MR) is 60.8 cm³/mol. The van der Waals surface area contributed by atoms with E-state index in [0.29, 0.717) is 19.2 Å². The third kappa shape index (κ3) is 4.45. The average Bonchev–Trinajstić information content (AvgIpc) is 2.15. The first-order chi connectivity index (χ1) is 7.03. The van der Waals surface area contributed by atoms with Gasteiger partial charge in [-0.3, -0.25) is 9.36 Å². The second-order valence-corrected chi connectivity index (χ2v) is 6.20. The first-order valence-electron chi connectivity index (χ1n) is 4.92. The van der Waals surface area contributed by atoms with Crippen molar-refractivity contribution in [1.29, 1.82) is 0 Å². The summed E-state index contributed by atoms with van der Waals surface area (Å²) >= 11 is 0. The van der Waals surface area contributed by atoms with Crippen LogP contribution in [0.5, 0.6) is 0 Å². The zero-order valence-corrected chi connectivity index (χ0v) is 9.92. The van der Waals surface area contributed by atoms with E-state index in [1.807, 2.05) is 13.0 Å². The summed E-state index contributed by atoms with van der Waals surface area (Å²) in [4.78, 5) is 13.5. The summed E-state index contributed by atoms with van der Waals surface area (Å²) in [6, 6.07) is 3.33. The molecule has 1 rings (SSSR count). The maximum absolute atomic E-state index is 11.8. The van der Waals surface area contributed by atoms with E-state index in [4.69, 9.17) is 4.52 Å². The number of aromatic nitrogens is 1. The summed E-state index contributed by atoms with van der Waals surface area (Å²) in [5.41, 5.74) is 0.760. The fourth-order valence-corrected chi connectivity index (χ4v) is 2.65. The molecule has 1 atom stereocenters. The number of rotatable bonds is 5. The van der Waals surface area contributed by atoms with Gasteiger partial charge < -0.3 is 9.51 Å². The van der Waals surface area contributed by atoms with Crippen molar-refractivity contribution in [2.45, 2.75) is 13.3 Å². The van der Waals surface area contributed by atoms with Gasteiger partial charge in [0.1, 0.15) is 0 Å². The lowest BCUT2D eigenvalue weighted by Crippen LogP contribution is -2.05. The third-order valence-electron chi connectivity index (χ3n) is 2.05. The molecule has 0 radical (unpaired) electrons. The summed E-state index contributed by atoms with van der Waals surface area (Å²) in [6.45, 7) is 3.91. The van der Waals surface area contributed by atoms with E-state index < -0.39 is 7.37 Å².